The zero-order valence-electron chi connectivity index (χ0n) is 5.90. The molecule has 5 heteroatoms. The Morgan fingerprint density at radius 1 is 1.55 bits per heavy atom. The first kappa shape index (κ1) is 7.94. The van der Waals surface area contributed by atoms with Crippen LogP contribution in [0.25, 0.3) is 0 Å². The van der Waals surface area contributed by atoms with Crippen molar-refractivity contribution in [2.45, 2.75) is 0 Å². The average Bonchev–Trinajstić information content (AvgIpc) is 1.96. The third kappa shape index (κ3) is 1.46. The van der Waals surface area contributed by atoms with E-state index < -0.39 is 0 Å². The number of hydrogen-bond acceptors (Lipinski definition) is 3. The number of rotatable bonds is 0. The topological polar surface area (TPSA) is 72.1 Å². The molecule has 0 amide bonds. The standard InChI is InChI=1S/C6H7ClN4/c1-10-6-5(9)3(8)2-4(7)11-6/h2,8-9H,1H3,(H,10,11). The summed E-state index contributed by atoms with van der Waals surface area (Å²) >= 11 is 5.58. The van der Waals surface area contributed by atoms with E-state index in [9.17, 15) is 0 Å². The number of hydrogen-bond donors (Lipinski definition) is 3. The van der Waals surface area contributed by atoms with Gasteiger partial charge in [-0.1, -0.05) is 11.6 Å². The molecule has 0 radical (unpaired) electrons. The van der Waals surface area contributed by atoms with Gasteiger partial charge in [0.2, 0.25) is 0 Å². The minimum absolute atomic E-state index is 0.0666. The van der Waals surface area contributed by atoms with Gasteiger partial charge in [0.25, 0.3) is 0 Å². The van der Waals surface area contributed by atoms with E-state index in [1.807, 2.05) is 0 Å². The van der Waals surface area contributed by atoms with Crippen molar-refractivity contribution in [1.82, 2.24) is 5.32 Å². The fraction of sp³-hybridized carbons (Fsp3) is 0.167. The molecule has 4 nitrogen and oxygen atoms in total. The molecule has 1 aliphatic rings. The molecule has 0 unspecified atom stereocenters. The van der Waals surface area contributed by atoms with Crippen LogP contribution in [0, 0.1) is 10.8 Å². The predicted octanol–water partition coefficient (Wildman–Crippen LogP) is 0.738. The maximum atomic E-state index is 7.32. The van der Waals surface area contributed by atoms with Gasteiger partial charge in [-0.05, 0) is 0 Å². The summed E-state index contributed by atoms with van der Waals surface area (Å²) in [4.78, 5) is 3.74. The number of nitrogens with zero attached hydrogens (tertiary/aromatic N) is 1. The highest BCUT2D eigenvalue weighted by molar-refractivity contribution is 6.71. The van der Waals surface area contributed by atoms with Crippen LogP contribution in [0.1, 0.15) is 0 Å². The van der Waals surface area contributed by atoms with Crippen molar-refractivity contribution in [3.8, 4) is 0 Å². The minimum Gasteiger partial charge on any atom is -0.329 e. The molecule has 0 aromatic rings. The second-order valence-corrected chi connectivity index (χ2v) is 2.39. The molecule has 0 saturated heterocycles. The van der Waals surface area contributed by atoms with E-state index in [1.54, 1.807) is 7.05 Å². The summed E-state index contributed by atoms with van der Waals surface area (Å²) in [6.45, 7) is 0. The van der Waals surface area contributed by atoms with Gasteiger partial charge >= 0.3 is 0 Å². The molecule has 0 fully saturated rings. The van der Waals surface area contributed by atoms with Crippen LogP contribution < -0.4 is 5.32 Å². The Hall–Kier alpha value is -1.16. The van der Waals surface area contributed by atoms with E-state index in [0.717, 1.165) is 0 Å². The van der Waals surface area contributed by atoms with Gasteiger partial charge < -0.3 is 5.32 Å². The number of nitrogens with one attached hydrogen (secondary N) is 3. The molecule has 1 aliphatic heterocycles. The Morgan fingerprint density at radius 3 is 2.73 bits per heavy atom. The van der Waals surface area contributed by atoms with Crippen molar-refractivity contribution in [3.63, 3.8) is 0 Å². The van der Waals surface area contributed by atoms with E-state index in [0.29, 0.717) is 11.0 Å². The highest BCUT2D eigenvalue weighted by atomic mass is 35.5. The normalized spacial score (nSPS) is 21.6. The maximum absolute atomic E-state index is 7.32. The third-order valence-electron chi connectivity index (χ3n) is 1.24. The summed E-state index contributed by atoms with van der Waals surface area (Å²) in [6.07, 6.45) is 1.37. The molecule has 58 valence electrons. The second-order valence-electron chi connectivity index (χ2n) is 1.98. The molecule has 1 heterocycles. The summed E-state index contributed by atoms with van der Waals surface area (Å²) in [5.41, 5.74) is 0.145. The number of aliphatic imine (C=N–C) groups is 1. The zero-order valence-corrected chi connectivity index (χ0v) is 6.66. The summed E-state index contributed by atoms with van der Waals surface area (Å²) in [5, 5.41) is 17.6. The Kier molecular flexibility index (Phi) is 2.05. The minimum atomic E-state index is 0.0666. The van der Waals surface area contributed by atoms with Crippen molar-refractivity contribution >= 4 is 28.9 Å². The first-order valence-electron chi connectivity index (χ1n) is 2.94. The van der Waals surface area contributed by atoms with Gasteiger partial charge in [-0.3, -0.25) is 15.8 Å². The van der Waals surface area contributed by atoms with Gasteiger partial charge in [0.1, 0.15) is 10.9 Å². The van der Waals surface area contributed by atoms with E-state index >= 15 is 0 Å². The Labute approximate surface area is 69.0 Å². The Bertz CT molecular complexity index is 276. The summed E-state index contributed by atoms with van der Waals surface area (Å²) in [6, 6.07) is 0. The van der Waals surface area contributed by atoms with Crippen LogP contribution in [0.5, 0.6) is 0 Å². The van der Waals surface area contributed by atoms with Crippen molar-refractivity contribution in [2.75, 3.05) is 7.05 Å². The number of amidine groups is 1. The molecule has 0 aromatic carbocycles. The third-order valence-corrected chi connectivity index (χ3v) is 1.44. The predicted molar refractivity (Wildman–Crippen MR) is 45.9 cm³/mol. The number of allylic oxidation sites excluding steroid dienone is 1. The first-order valence-corrected chi connectivity index (χ1v) is 3.32. The molecule has 0 spiro atoms. The first-order chi connectivity index (χ1) is 5.15. The lowest BCUT2D eigenvalue weighted by Crippen LogP contribution is -2.37. The van der Waals surface area contributed by atoms with Gasteiger partial charge in [0.15, 0.2) is 5.84 Å². The molecule has 11 heavy (non-hydrogen) atoms. The zero-order chi connectivity index (χ0) is 8.43. The lowest BCUT2D eigenvalue weighted by atomic mass is 10.1. The largest absolute Gasteiger partial charge is 0.329 e. The maximum Gasteiger partial charge on any atom is 0.153 e. The van der Waals surface area contributed by atoms with Crippen molar-refractivity contribution in [1.29, 1.82) is 10.8 Å². The summed E-state index contributed by atoms with van der Waals surface area (Å²) in [7, 11) is 1.54. The highest BCUT2D eigenvalue weighted by Crippen LogP contribution is 2.03. The Balaban J connectivity index is 3.03. The van der Waals surface area contributed by atoms with Crippen LogP contribution in [0.3, 0.4) is 0 Å². The quantitative estimate of drug-likeness (QED) is 0.461. The Morgan fingerprint density at radius 2 is 2.18 bits per heavy atom. The molecular weight excluding hydrogens is 164 g/mol. The highest BCUT2D eigenvalue weighted by Gasteiger charge is 2.16. The van der Waals surface area contributed by atoms with E-state index in [-0.39, 0.29) is 11.4 Å². The van der Waals surface area contributed by atoms with Crippen LogP contribution in [0.2, 0.25) is 0 Å². The lowest BCUT2D eigenvalue weighted by Gasteiger charge is -2.13. The monoisotopic (exact) mass is 170 g/mol. The van der Waals surface area contributed by atoms with Crippen molar-refractivity contribution in [2.24, 2.45) is 4.99 Å². The molecular formula is C6H7ClN4. The molecule has 0 atom stereocenters. The molecule has 0 saturated carbocycles. The van der Waals surface area contributed by atoms with Gasteiger partial charge in [-0.2, -0.15) is 0 Å². The fourth-order valence-corrected chi connectivity index (χ4v) is 0.904. The molecule has 0 bridgehead atoms. The smallest absolute Gasteiger partial charge is 0.153 e. The van der Waals surface area contributed by atoms with Crippen LogP contribution in [0.4, 0.5) is 0 Å². The van der Waals surface area contributed by atoms with Crippen LogP contribution >= 0.6 is 11.6 Å². The molecule has 0 aromatic heterocycles. The fourth-order valence-electron chi connectivity index (χ4n) is 0.706. The SMILES string of the molecule is CN=C1NC(Cl)=CC(=N)C1=N. The van der Waals surface area contributed by atoms with Crippen LogP contribution in [-0.4, -0.2) is 24.3 Å². The van der Waals surface area contributed by atoms with Crippen molar-refractivity contribution in [3.05, 3.63) is 11.2 Å². The number of halogens is 1. The van der Waals surface area contributed by atoms with E-state index in [1.165, 1.54) is 6.08 Å². The second kappa shape index (κ2) is 2.84. The summed E-state index contributed by atoms with van der Waals surface area (Å²) in [5.74, 6) is 0.336. The van der Waals surface area contributed by atoms with Crippen molar-refractivity contribution < 1.29 is 0 Å². The van der Waals surface area contributed by atoms with Crippen LogP contribution in [-0.2, 0) is 0 Å². The van der Waals surface area contributed by atoms with Gasteiger partial charge in [0.05, 0.1) is 5.71 Å². The summed E-state index contributed by atoms with van der Waals surface area (Å²) < 4.78 is 0. The molecule has 0 aliphatic carbocycles. The van der Waals surface area contributed by atoms with Crippen LogP contribution in [0.15, 0.2) is 16.2 Å². The van der Waals surface area contributed by atoms with E-state index in [4.69, 9.17) is 22.4 Å². The average molecular weight is 171 g/mol. The van der Waals surface area contributed by atoms with Gasteiger partial charge in [0, 0.05) is 13.1 Å². The van der Waals surface area contributed by atoms with Gasteiger partial charge in [-0.15, -0.1) is 0 Å². The molecule has 3 N–H and O–H groups in total. The van der Waals surface area contributed by atoms with E-state index in [2.05, 4.69) is 10.3 Å². The molecule has 1 rings (SSSR count). The van der Waals surface area contributed by atoms with Gasteiger partial charge in [-0.25, -0.2) is 0 Å². The lowest BCUT2D eigenvalue weighted by molar-refractivity contribution is 1.21.